The zero-order valence-corrected chi connectivity index (χ0v) is 10.3. The van der Waals surface area contributed by atoms with Gasteiger partial charge in [0.05, 0.1) is 0 Å². The molecule has 1 rings (SSSR count). The maximum absolute atomic E-state index is 12.1. The number of rotatable bonds is 4. The summed E-state index contributed by atoms with van der Waals surface area (Å²) in [5.41, 5.74) is 0. The fourth-order valence-corrected chi connectivity index (χ4v) is 4.54. The smallest absolute Gasteiger partial charge is 0.316 e. The fourth-order valence-electron chi connectivity index (χ4n) is 1.57. The molecule has 6 heteroatoms. The van der Waals surface area contributed by atoms with E-state index in [-0.39, 0.29) is 12.5 Å². The normalized spacial score (nSPS) is 25.2. The summed E-state index contributed by atoms with van der Waals surface area (Å²) in [6.45, 7) is 0. The van der Waals surface area contributed by atoms with Gasteiger partial charge in [0.25, 0.3) is 0 Å². The van der Waals surface area contributed by atoms with Crippen LogP contribution in [0.1, 0.15) is 12.8 Å². The summed E-state index contributed by atoms with van der Waals surface area (Å²) in [6, 6.07) is -0.00979. The molecule has 2 atom stereocenters. The van der Waals surface area contributed by atoms with Gasteiger partial charge < -0.3 is 5.32 Å². The van der Waals surface area contributed by atoms with Gasteiger partial charge in [0.15, 0.2) is 0 Å². The second-order valence-electron chi connectivity index (χ2n) is 3.53. The third-order valence-electron chi connectivity index (χ3n) is 2.40. The van der Waals surface area contributed by atoms with Crippen molar-refractivity contribution in [1.82, 2.24) is 5.32 Å². The molecule has 0 aromatic heterocycles. The van der Waals surface area contributed by atoms with Crippen LogP contribution >= 0.6 is 23.5 Å². The molecule has 1 heterocycles. The molecule has 0 radical (unpaired) electrons. The van der Waals surface area contributed by atoms with Gasteiger partial charge in [0.2, 0.25) is 0 Å². The second-order valence-corrected chi connectivity index (χ2v) is 6.03. The highest BCUT2D eigenvalue weighted by Crippen LogP contribution is 2.30. The highest BCUT2D eigenvalue weighted by Gasteiger charge is 2.31. The molecule has 1 fully saturated rings. The van der Waals surface area contributed by atoms with Crippen LogP contribution in [0.25, 0.3) is 0 Å². The molecule has 1 saturated heterocycles. The molecule has 1 aliphatic heterocycles. The Kier molecular flexibility index (Phi) is 5.63. The van der Waals surface area contributed by atoms with Gasteiger partial charge >= 0.3 is 6.18 Å². The fraction of sp³-hybridized carbons (Fsp3) is 1.00. The third kappa shape index (κ3) is 5.36. The maximum Gasteiger partial charge on any atom is 0.389 e. The lowest BCUT2D eigenvalue weighted by molar-refractivity contribution is -0.136. The molecular weight excluding hydrogens is 243 g/mol. The van der Waals surface area contributed by atoms with Gasteiger partial charge in [0.1, 0.15) is 0 Å². The average molecular weight is 259 g/mol. The number of thioether (sulfide) groups is 2. The Balaban J connectivity index is 2.34. The highest BCUT2D eigenvalue weighted by molar-refractivity contribution is 8.06. The molecule has 90 valence electrons. The van der Waals surface area contributed by atoms with Crippen molar-refractivity contribution < 1.29 is 13.2 Å². The van der Waals surface area contributed by atoms with Crippen molar-refractivity contribution in [3.8, 4) is 0 Å². The Labute approximate surface area is 96.9 Å². The Bertz CT molecular complexity index is 181. The van der Waals surface area contributed by atoms with E-state index < -0.39 is 12.6 Å². The van der Waals surface area contributed by atoms with Crippen molar-refractivity contribution in [2.24, 2.45) is 0 Å². The van der Waals surface area contributed by atoms with Crippen LogP contribution < -0.4 is 5.32 Å². The van der Waals surface area contributed by atoms with Crippen molar-refractivity contribution >= 4 is 23.5 Å². The van der Waals surface area contributed by atoms with Gasteiger partial charge in [-0.15, -0.1) is 0 Å². The first-order chi connectivity index (χ1) is 7.03. The van der Waals surface area contributed by atoms with E-state index in [1.54, 1.807) is 18.8 Å². The minimum Gasteiger partial charge on any atom is -0.316 e. The van der Waals surface area contributed by atoms with E-state index in [4.69, 9.17) is 0 Å². The lowest BCUT2D eigenvalue weighted by atomic mass is 10.1. The molecule has 0 aromatic carbocycles. The van der Waals surface area contributed by atoms with Crippen molar-refractivity contribution in [1.29, 1.82) is 0 Å². The first-order valence-corrected chi connectivity index (χ1v) is 7.16. The van der Waals surface area contributed by atoms with Crippen LogP contribution in [0.5, 0.6) is 0 Å². The molecule has 0 bridgehead atoms. The van der Waals surface area contributed by atoms with Gasteiger partial charge in [-0.3, -0.25) is 0 Å². The van der Waals surface area contributed by atoms with Gasteiger partial charge in [-0.2, -0.15) is 36.7 Å². The van der Waals surface area contributed by atoms with Gasteiger partial charge in [-0.25, -0.2) is 0 Å². The molecule has 0 aliphatic carbocycles. The third-order valence-corrected chi connectivity index (χ3v) is 5.32. The standard InChI is InChI=1S/C9H16F3NS2/c1-13-7(2-3-9(10,11)12)8-6-14-4-5-15-8/h7-8,13H,2-6H2,1H3. The summed E-state index contributed by atoms with van der Waals surface area (Å²) >= 11 is 3.63. The molecule has 15 heavy (non-hydrogen) atoms. The monoisotopic (exact) mass is 259 g/mol. The quantitative estimate of drug-likeness (QED) is 0.834. The van der Waals surface area contributed by atoms with Crippen molar-refractivity contribution in [3.05, 3.63) is 0 Å². The molecule has 0 amide bonds. The predicted octanol–water partition coefficient (Wildman–Crippen LogP) is 2.77. The number of hydrogen-bond donors (Lipinski definition) is 1. The average Bonchev–Trinajstić information content (AvgIpc) is 2.19. The summed E-state index contributed by atoms with van der Waals surface area (Å²) in [6.07, 6.45) is -4.51. The molecule has 1 N–H and O–H groups in total. The van der Waals surface area contributed by atoms with Gasteiger partial charge in [0, 0.05) is 35.0 Å². The summed E-state index contributed by atoms with van der Waals surface area (Å²) in [4.78, 5) is 0. The van der Waals surface area contributed by atoms with E-state index >= 15 is 0 Å². The van der Waals surface area contributed by atoms with Crippen LogP contribution in [0.4, 0.5) is 13.2 Å². The SMILES string of the molecule is CNC(CCC(F)(F)F)C1CSCCS1. The lowest BCUT2D eigenvalue weighted by Gasteiger charge is -2.29. The molecule has 0 spiro atoms. The Morgan fingerprint density at radius 2 is 2.13 bits per heavy atom. The zero-order valence-electron chi connectivity index (χ0n) is 8.64. The number of nitrogens with one attached hydrogen (secondary N) is 1. The number of hydrogen-bond acceptors (Lipinski definition) is 3. The summed E-state index contributed by atoms with van der Waals surface area (Å²) in [5.74, 6) is 3.14. The predicted molar refractivity (Wildman–Crippen MR) is 61.7 cm³/mol. The molecule has 1 aliphatic rings. The van der Waals surface area contributed by atoms with Crippen LogP contribution in [0.15, 0.2) is 0 Å². The van der Waals surface area contributed by atoms with E-state index in [1.807, 2.05) is 11.8 Å². The topological polar surface area (TPSA) is 12.0 Å². The van der Waals surface area contributed by atoms with Crippen LogP contribution in [0.2, 0.25) is 0 Å². The summed E-state index contributed by atoms with van der Waals surface area (Å²) in [7, 11) is 1.75. The van der Waals surface area contributed by atoms with Crippen molar-refractivity contribution in [2.45, 2.75) is 30.3 Å². The first-order valence-electron chi connectivity index (χ1n) is 4.96. The van der Waals surface area contributed by atoms with E-state index in [9.17, 15) is 13.2 Å². The maximum atomic E-state index is 12.1. The second kappa shape index (κ2) is 6.25. The zero-order chi connectivity index (χ0) is 11.3. The molecule has 0 saturated carbocycles. The van der Waals surface area contributed by atoms with Crippen LogP contribution in [-0.4, -0.2) is 41.8 Å². The Morgan fingerprint density at radius 3 is 2.60 bits per heavy atom. The Morgan fingerprint density at radius 1 is 1.40 bits per heavy atom. The minimum atomic E-state index is -4.03. The molecular formula is C9H16F3NS2. The first kappa shape index (κ1) is 13.5. The van der Waals surface area contributed by atoms with E-state index in [1.165, 1.54) is 0 Å². The van der Waals surface area contributed by atoms with Gasteiger partial charge in [-0.05, 0) is 13.5 Å². The molecule has 1 nitrogen and oxygen atoms in total. The highest BCUT2D eigenvalue weighted by atomic mass is 32.2. The number of halogens is 3. The van der Waals surface area contributed by atoms with E-state index in [0.29, 0.717) is 5.25 Å². The van der Waals surface area contributed by atoms with Crippen LogP contribution in [0, 0.1) is 0 Å². The van der Waals surface area contributed by atoms with E-state index in [2.05, 4.69) is 5.32 Å². The number of alkyl halides is 3. The van der Waals surface area contributed by atoms with Crippen molar-refractivity contribution in [3.63, 3.8) is 0 Å². The summed E-state index contributed by atoms with van der Waals surface area (Å²) < 4.78 is 36.2. The van der Waals surface area contributed by atoms with Crippen LogP contribution in [-0.2, 0) is 0 Å². The molecule has 2 unspecified atom stereocenters. The van der Waals surface area contributed by atoms with Gasteiger partial charge in [-0.1, -0.05) is 0 Å². The minimum absolute atomic E-state index is 0.00979. The molecule has 0 aromatic rings. The van der Waals surface area contributed by atoms with Crippen molar-refractivity contribution in [2.75, 3.05) is 24.3 Å². The summed E-state index contributed by atoms with van der Waals surface area (Å²) in [5, 5.41) is 3.34. The largest absolute Gasteiger partial charge is 0.389 e. The lowest BCUT2D eigenvalue weighted by Crippen LogP contribution is -2.39. The Hall–Kier alpha value is 0.450. The van der Waals surface area contributed by atoms with Crippen LogP contribution in [0.3, 0.4) is 0 Å². The van der Waals surface area contributed by atoms with E-state index in [0.717, 1.165) is 17.3 Å².